The smallest absolute Gasteiger partial charge is 0.341 e. The van der Waals surface area contributed by atoms with Crippen molar-refractivity contribution in [3.8, 4) is 0 Å². The van der Waals surface area contributed by atoms with Crippen molar-refractivity contribution in [2.75, 3.05) is 25.0 Å². The third-order valence-electron chi connectivity index (χ3n) is 4.90. The molecule has 10 heteroatoms. The van der Waals surface area contributed by atoms with Gasteiger partial charge in [-0.25, -0.2) is 4.79 Å². The first-order valence-corrected chi connectivity index (χ1v) is 12.4. The van der Waals surface area contributed by atoms with Crippen molar-refractivity contribution in [3.05, 3.63) is 49.1 Å². The van der Waals surface area contributed by atoms with Crippen LogP contribution in [0.25, 0.3) is 10.1 Å². The number of amides is 2. The minimum absolute atomic E-state index is 0.170. The lowest BCUT2D eigenvalue weighted by Gasteiger charge is -2.18. The summed E-state index contributed by atoms with van der Waals surface area (Å²) in [5.74, 6) is -1.26. The monoisotopic (exact) mass is 512 g/mol. The molecule has 2 amide bonds. The van der Waals surface area contributed by atoms with E-state index in [1.807, 2.05) is 13.8 Å². The fourth-order valence-corrected chi connectivity index (χ4v) is 6.10. The Morgan fingerprint density at radius 1 is 1.06 bits per heavy atom. The van der Waals surface area contributed by atoms with Crippen LogP contribution in [0.5, 0.6) is 0 Å². The van der Waals surface area contributed by atoms with E-state index in [2.05, 4.69) is 5.32 Å². The first-order valence-electron chi connectivity index (χ1n) is 10.0. The number of thiophene rings is 2. The van der Waals surface area contributed by atoms with E-state index in [1.54, 1.807) is 36.9 Å². The quantitative estimate of drug-likeness (QED) is 0.367. The van der Waals surface area contributed by atoms with Gasteiger partial charge in [-0.15, -0.1) is 22.7 Å². The molecule has 6 nitrogen and oxygen atoms in total. The van der Waals surface area contributed by atoms with E-state index < -0.39 is 11.9 Å². The number of ether oxygens (including phenoxy) is 1. The van der Waals surface area contributed by atoms with Gasteiger partial charge in [-0.1, -0.05) is 29.3 Å². The number of carbonyl (C=O) groups is 3. The Balaban J connectivity index is 2.03. The van der Waals surface area contributed by atoms with Crippen LogP contribution < -0.4 is 5.32 Å². The molecule has 2 aromatic heterocycles. The molecule has 170 valence electrons. The second-order valence-electron chi connectivity index (χ2n) is 6.80. The molecule has 3 aromatic rings. The zero-order valence-corrected chi connectivity index (χ0v) is 21.2. The van der Waals surface area contributed by atoms with Crippen LogP contribution in [0.2, 0.25) is 10.0 Å². The van der Waals surface area contributed by atoms with Gasteiger partial charge in [-0.2, -0.15) is 0 Å². The van der Waals surface area contributed by atoms with Crippen LogP contribution in [0.1, 0.15) is 56.0 Å². The number of fused-ring (bicyclic) bond motifs is 1. The van der Waals surface area contributed by atoms with Gasteiger partial charge in [0.05, 0.1) is 22.1 Å². The van der Waals surface area contributed by atoms with Crippen LogP contribution in [0.15, 0.2) is 18.2 Å². The highest BCUT2D eigenvalue weighted by molar-refractivity contribution is 7.22. The molecule has 2 heterocycles. The highest BCUT2D eigenvalue weighted by Crippen LogP contribution is 2.39. The molecule has 0 saturated heterocycles. The van der Waals surface area contributed by atoms with E-state index >= 15 is 0 Å². The van der Waals surface area contributed by atoms with E-state index in [1.165, 1.54) is 11.3 Å². The van der Waals surface area contributed by atoms with Crippen molar-refractivity contribution in [3.63, 3.8) is 0 Å². The second-order valence-corrected chi connectivity index (χ2v) is 9.69. The summed E-state index contributed by atoms with van der Waals surface area (Å²) in [7, 11) is 0. The van der Waals surface area contributed by atoms with Gasteiger partial charge in [-0.3, -0.25) is 9.59 Å². The molecule has 3 rings (SSSR count). The van der Waals surface area contributed by atoms with Crippen LogP contribution in [-0.2, 0) is 4.74 Å². The number of nitrogens with zero attached hydrogens (tertiary/aromatic N) is 1. The van der Waals surface area contributed by atoms with Gasteiger partial charge in [0.2, 0.25) is 0 Å². The maximum absolute atomic E-state index is 13.1. The Hall–Kier alpha value is -2.13. The van der Waals surface area contributed by atoms with Crippen molar-refractivity contribution in [1.29, 1.82) is 0 Å². The van der Waals surface area contributed by atoms with Crippen LogP contribution in [-0.4, -0.2) is 42.4 Å². The molecule has 0 aliphatic rings. The number of nitrogens with one attached hydrogen (secondary N) is 1. The Kier molecular flexibility index (Phi) is 7.82. The van der Waals surface area contributed by atoms with Crippen molar-refractivity contribution in [2.24, 2.45) is 0 Å². The van der Waals surface area contributed by atoms with E-state index in [-0.39, 0.29) is 23.1 Å². The zero-order chi connectivity index (χ0) is 23.6. The first kappa shape index (κ1) is 24.5. The molecule has 0 fully saturated rings. The van der Waals surface area contributed by atoms with E-state index in [0.29, 0.717) is 38.5 Å². The number of hydrogen-bond donors (Lipinski definition) is 1. The van der Waals surface area contributed by atoms with Crippen molar-refractivity contribution in [2.45, 2.75) is 27.7 Å². The number of benzene rings is 1. The molecule has 32 heavy (non-hydrogen) atoms. The first-order chi connectivity index (χ1) is 15.2. The lowest BCUT2D eigenvalue weighted by atomic mass is 10.1. The van der Waals surface area contributed by atoms with Gasteiger partial charge in [0.25, 0.3) is 11.8 Å². The van der Waals surface area contributed by atoms with E-state index in [4.69, 9.17) is 27.9 Å². The number of hydrogen-bond acceptors (Lipinski definition) is 6. The summed E-state index contributed by atoms with van der Waals surface area (Å²) in [6.45, 7) is 8.38. The third-order valence-corrected chi connectivity index (χ3v) is 7.98. The number of esters is 1. The Bertz CT molecular complexity index is 1200. The second kappa shape index (κ2) is 10.2. The minimum Gasteiger partial charge on any atom is -0.462 e. The van der Waals surface area contributed by atoms with Gasteiger partial charge < -0.3 is 15.0 Å². The molecule has 0 saturated carbocycles. The molecule has 0 radical (unpaired) electrons. The van der Waals surface area contributed by atoms with Gasteiger partial charge in [0.15, 0.2) is 0 Å². The van der Waals surface area contributed by atoms with Crippen molar-refractivity contribution in [1.82, 2.24) is 4.90 Å². The Labute approximate surface area is 204 Å². The van der Waals surface area contributed by atoms with E-state index in [0.717, 1.165) is 21.4 Å². The van der Waals surface area contributed by atoms with Crippen LogP contribution in [0, 0.1) is 6.92 Å². The summed E-state index contributed by atoms with van der Waals surface area (Å²) in [4.78, 5) is 41.1. The van der Waals surface area contributed by atoms with Gasteiger partial charge in [-0.05, 0) is 45.4 Å². The van der Waals surface area contributed by atoms with Crippen molar-refractivity contribution < 1.29 is 19.1 Å². The average Bonchev–Trinajstić information content (AvgIpc) is 3.25. The summed E-state index contributed by atoms with van der Waals surface area (Å²) < 4.78 is 5.96. The molecule has 0 spiro atoms. The predicted octanol–water partition coefficient (Wildman–Crippen LogP) is 6.49. The van der Waals surface area contributed by atoms with Crippen LogP contribution in [0.4, 0.5) is 5.00 Å². The zero-order valence-electron chi connectivity index (χ0n) is 18.0. The molecular formula is C22H22Cl2N2O4S2. The summed E-state index contributed by atoms with van der Waals surface area (Å²) in [5, 5.41) is 4.60. The summed E-state index contributed by atoms with van der Waals surface area (Å²) in [5.41, 5.74) is 0.663. The molecule has 0 bridgehead atoms. The Morgan fingerprint density at radius 2 is 1.75 bits per heavy atom. The fourth-order valence-electron chi connectivity index (χ4n) is 3.25. The van der Waals surface area contributed by atoms with Gasteiger partial charge in [0.1, 0.15) is 9.88 Å². The number of anilines is 1. The maximum atomic E-state index is 13.1. The number of rotatable bonds is 7. The lowest BCUT2D eigenvalue weighted by molar-refractivity contribution is 0.0527. The molecule has 1 N–H and O–H groups in total. The number of halogens is 2. The topological polar surface area (TPSA) is 75.7 Å². The van der Waals surface area contributed by atoms with Gasteiger partial charge in [0, 0.05) is 28.2 Å². The third kappa shape index (κ3) is 4.64. The van der Waals surface area contributed by atoms with Crippen molar-refractivity contribution >= 4 is 78.7 Å². The molecular weight excluding hydrogens is 491 g/mol. The maximum Gasteiger partial charge on any atom is 0.341 e. The predicted molar refractivity (Wildman–Crippen MR) is 132 cm³/mol. The van der Waals surface area contributed by atoms with Crippen LogP contribution >= 0.6 is 45.9 Å². The SMILES string of the molecule is CCOC(=O)c1c(NC(=O)c2sc3cc(Cl)ccc3c2Cl)sc(C(=O)N(CC)CC)c1C. The van der Waals surface area contributed by atoms with Crippen LogP contribution in [0.3, 0.4) is 0 Å². The normalized spacial score (nSPS) is 10.9. The standard InChI is InChI=1S/C22H22Cl2N2O4S2/c1-5-26(6-2)21(28)17-11(4)15(22(29)30-7-3)20(32-17)25-19(27)18-16(24)13-9-8-12(23)10-14(13)31-18/h8-10H,5-7H2,1-4H3,(H,25,27). The molecule has 0 aliphatic carbocycles. The average molecular weight is 513 g/mol. The molecule has 1 aromatic carbocycles. The fraction of sp³-hybridized carbons (Fsp3) is 0.318. The Morgan fingerprint density at radius 3 is 2.38 bits per heavy atom. The number of carbonyl (C=O) groups excluding carboxylic acids is 3. The molecule has 0 aliphatic heterocycles. The van der Waals surface area contributed by atoms with Gasteiger partial charge >= 0.3 is 5.97 Å². The molecule has 0 atom stereocenters. The highest BCUT2D eigenvalue weighted by atomic mass is 35.5. The summed E-state index contributed by atoms with van der Waals surface area (Å²) in [6, 6.07) is 5.20. The lowest BCUT2D eigenvalue weighted by Crippen LogP contribution is -2.30. The largest absolute Gasteiger partial charge is 0.462 e. The highest BCUT2D eigenvalue weighted by Gasteiger charge is 2.29. The summed E-state index contributed by atoms with van der Waals surface area (Å²) in [6.07, 6.45) is 0. The molecule has 0 unspecified atom stereocenters. The minimum atomic E-state index is -0.593. The van der Waals surface area contributed by atoms with E-state index in [9.17, 15) is 14.4 Å². The summed E-state index contributed by atoms with van der Waals surface area (Å²) >= 11 is 14.8.